The van der Waals surface area contributed by atoms with Gasteiger partial charge in [-0.15, -0.1) is 0 Å². The molecule has 1 aromatic rings. The third-order valence-electron chi connectivity index (χ3n) is 2.86. The van der Waals surface area contributed by atoms with E-state index >= 15 is 0 Å². The third kappa shape index (κ3) is 5.45. The van der Waals surface area contributed by atoms with Crippen LogP contribution in [-0.4, -0.2) is 37.6 Å². The average Bonchev–Trinajstić information content (AvgIpc) is 2.43. The molecular weight excluding hydrogens is 252 g/mol. The summed E-state index contributed by atoms with van der Waals surface area (Å²) in [5.74, 6) is 0.694. The zero-order valence-electron chi connectivity index (χ0n) is 12.6. The maximum Gasteiger partial charge on any atom is 0.260 e. The molecule has 0 saturated heterocycles. The van der Waals surface area contributed by atoms with Crippen LogP contribution in [0.5, 0.6) is 5.75 Å². The number of carbonyl (C=O) groups excluding carboxylic acids is 1. The Morgan fingerprint density at radius 1 is 1.35 bits per heavy atom. The number of hydrogen-bond donors (Lipinski definition) is 1. The van der Waals surface area contributed by atoms with Crippen molar-refractivity contribution in [1.82, 2.24) is 10.2 Å². The van der Waals surface area contributed by atoms with E-state index in [9.17, 15) is 4.79 Å². The van der Waals surface area contributed by atoms with Gasteiger partial charge in [-0.3, -0.25) is 4.79 Å². The molecule has 0 aliphatic rings. The minimum absolute atomic E-state index is 0.0187. The number of benzene rings is 1. The van der Waals surface area contributed by atoms with Crippen LogP contribution in [-0.2, 0) is 11.3 Å². The zero-order chi connectivity index (χ0) is 15.0. The van der Waals surface area contributed by atoms with Gasteiger partial charge in [0.1, 0.15) is 5.75 Å². The standard InChI is InChI=1S/C16H24N2O2/c1-5-18(11-13(2)3)16(19)12-20-15-8-6-14(7-9-15)10-17-4/h6-9,17H,2,5,10-12H2,1,3-4H3. The topological polar surface area (TPSA) is 41.6 Å². The van der Waals surface area contributed by atoms with Crippen LogP contribution in [0.2, 0.25) is 0 Å². The highest BCUT2D eigenvalue weighted by Crippen LogP contribution is 2.12. The van der Waals surface area contributed by atoms with Crippen molar-refractivity contribution >= 4 is 5.91 Å². The van der Waals surface area contributed by atoms with Crippen molar-refractivity contribution in [3.8, 4) is 5.75 Å². The minimum atomic E-state index is -0.0187. The minimum Gasteiger partial charge on any atom is -0.484 e. The summed E-state index contributed by atoms with van der Waals surface area (Å²) in [5, 5.41) is 3.08. The van der Waals surface area contributed by atoms with E-state index in [2.05, 4.69) is 11.9 Å². The molecular formula is C16H24N2O2. The van der Waals surface area contributed by atoms with Gasteiger partial charge in [-0.1, -0.05) is 24.3 Å². The molecule has 0 radical (unpaired) electrons. The van der Waals surface area contributed by atoms with E-state index in [4.69, 9.17) is 4.74 Å². The lowest BCUT2D eigenvalue weighted by Gasteiger charge is -2.21. The maximum absolute atomic E-state index is 12.0. The molecule has 0 atom stereocenters. The number of nitrogens with one attached hydrogen (secondary N) is 1. The predicted octanol–water partition coefficient (Wildman–Crippen LogP) is 2.21. The van der Waals surface area contributed by atoms with Crippen molar-refractivity contribution in [2.75, 3.05) is 26.7 Å². The number of amides is 1. The first-order valence-electron chi connectivity index (χ1n) is 6.85. The van der Waals surface area contributed by atoms with Crippen LogP contribution in [0.25, 0.3) is 0 Å². The van der Waals surface area contributed by atoms with Gasteiger partial charge in [0.05, 0.1) is 0 Å². The van der Waals surface area contributed by atoms with Crippen LogP contribution in [0.15, 0.2) is 36.4 Å². The molecule has 0 saturated carbocycles. The lowest BCUT2D eigenvalue weighted by molar-refractivity contribution is -0.132. The van der Waals surface area contributed by atoms with Crippen molar-refractivity contribution in [3.63, 3.8) is 0 Å². The molecule has 0 aromatic heterocycles. The zero-order valence-corrected chi connectivity index (χ0v) is 12.6. The molecule has 0 aliphatic heterocycles. The fraction of sp³-hybridized carbons (Fsp3) is 0.438. The smallest absolute Gasteiger partial charge is 0.260 e. The van der Waals surface area contributed by atoms with Crippen molar-refractivity contribution in [3.05, 3.63) is 42.0 Å². The number of hydrogen-bond acceptors (Lipinski definition) is 3. The van der Waals surface area contributed by atoms with E-state index in [-0.39, 0.29) is 12.5 Å². The van der Waals surface area contributed by atoms with Crippen LogP contribution in [0.4, 0.5) is 0 Å². The van der Waals surface area contributed by atoms with E-state index in [1.807, 2.05) is 45.2 Å². The Morgan fingerprint density at radius 3 is 2.50 bits per heavy atom. The molecule has 110 valence electrons. The maximum atomic E-state index is 12.0. The van der Waals surface area contributed by atoms with Gasteiger partial charge in [0.15, 0.2) is 6.61 Å². The number of rotatable bonds is 8. The van der Waals surface area contributed by atoms with E-state index in [1.165, 1.54) is 5.56 Å². The molecule has 0 spiro atoms. The highest BCUT2D eigenvalue weighted by atomic mass is 16.5. The number of carbonyl (C=O) groups is 1. The molecule has 0 fully saturated rings. The van der Waals surface area contributed by atoms with Gasteiger partial charge >= 0.3 is 0 Å². The Bertz CT molecular complexity index is 440. The molecule has 4 nitrogen and oxygen atoms in total. The van der Waals surface area contributed by atoms with Crippen molar-refractivity contribution in [2.45, 2.75) is 20.4 Å². The monoisotopic (exact) mass is 276 g/mol. The van der Waals surface area contributed by atoms with Gasteiger partial charge in [-0.2, -0.15) is 0 Å². The van der Waals surface area contributed by atoms with E-state index in [0.717, 1.165) is 12.1 Å². The Balaban J connectivity index is 2.48. The highest BCUT2D eigenvalue weighted by Gasteiger charge is 2.12. The molecule has 0 aliphatic carbocycles. The lowest BCUT2D eigenvalue weighted by atomic mass is 10.2. The first-order valence-corrected chi connectivity index (χ1v) is 6.85. The molecule has 1 aromatic carbocycles. The largest absolute Gasteiger partial charge is 0.484 e. The summed E-state index contributed by atoms with van der Waals surface area (Å²) in [6.45, 7) is 9.82. The fourth-order valence-corrected chi connectivity index (χ4v) is 1.85. The Morgan fingerprint density at radius 2 is 2.00 bits per heavy atom. The normalized spacial score (nSPS) is 10.2. The highest BCUT2D eigenvalue weighted by molar-refractivity contribution is 5.78. The number of ether oxygens (including phenoxy) is 1. The van der Waals surface area contributed by atoms with Gasteiger partial charge in [0.25, 0.3) is 5.91 Å². The summed E-state index contributed by atoms with van der Waals surface area (Å²) >= 11 is 0. The second-order valence-corrected chi connectivity index (χ2v) is 4.83. The van der Waals surface area contributed by atoms with Gasteiger partial charge in [-0.05, 0) is 38.6 Å². The van der Waals surface area contributed by atoms with Crippen LogP contribution >= 0.6 is 0 Å². The van der Waals surface area contributed by atoms with Gasteiger partial charge in [-0.25, -0.2) is 0 Å². The summed E-state index contributed by atoms with van der Waals surface area (Å²) in [4.78, 5) is 13.7. The Hall–Kier alpha value is -1.81. The van der Waals surface area contributed by atoms with Crippen LogP contribution in [0.1, 0.15) is 19.4 Å². The third-order valence-corrected chi connectivity index (χ3v) is 2.86. The van der Waals surface area contributed by atoms with Crippen molar-refractivity contribution in [2.24, 2.45) is 0 Å². The van der Waals surface area contributed by atoms with E-state index in [1.54, 1.807) is 4.90 Å². The van der Waals surface area contributed by atoms with Gasteiger partial charge < -0.3 is 15.0 Å². The van der Waals surface area contributed by atoms with E-state index < -0.39 is 0 Å². The molecule has 1 rings (SSSR count). The van der Waals surface area contributed by atoms with Crippen molar-refractivity contribution in [1.29, 1.82) is 0 Å². The quantitative estimate of drug-likeness (QED) is 0.740. The number of nitrogens with zero attached hydrogens (tertiary/aromatic N) is 1. The molecule has 4 heteroatoms. The fourth-order valence-electron chi connectivity index (χ4n) is 1.85. The molecule has 0 unspecified atom stereocenters. The predicted molar refractivity (Wildman–Crippen MR) is 81.8 cm³/mol. The summed E-state index contributed by atoms with van der Waals surface area (Å²) in [6.07, 6.45) is 0. The second-order valence-electron chi connectivity index (χ2n) is 4.83. The molecule has 0 heterocycles. The Labute approximate surface area is 121 Å². The summed E-state index contributed by atoms with van der Waals surface area (Å²) in [7, 11) is 1.91. The second kappa shape index (κ2) is 8.38. The summed E-state index contributed by atoms with van der Waals surface area (Å²) < 4.78 is 5.52. The lowest BCUT2D eigenvalue weighted by Crippen LogP contribution is -2.35. The van der Waals surface area contributed by atoms with Crippen LogP contribution < -0.4 is 10.1 Å². The van der Waals surface area contributed by atoms with Crippen LogP contribution in [0, 0.1) is 0 Å². The number of likely N-dealkylation sites (N-methyl/N-ethyl adjacent to an activating group) is 1. The first kappa shape index (κ1) is 16.2. The molecule has 1 N–H and O–H groups in total. The summed E-state index contributed by atoms with van der Waals surface area (Å²) in [5.41, 5.74) is 2.15. The molecule has 20 heavy (non-hydrogen) atoms. The summed E-state index contributed by atoms with van der Waals surface area (Å²) in [6, 6.07) is 7.74. The van der Waals surface area contributed by atoms with Crippen LogP contribution in [0.3, 0.4) is 0 Å². The first-order chi connectivity index (χ1) is 9.56. The van der Waals surface area contributed by atoms with E-state index in [0.29, 0.717) is 18.8 Å². The van der Waals surface area contributed by atoms with Crippen molar-refractivity contribution < 1.29 is 9.53 Å². The van der Waals surface area contributed by atoms with Gasteiger partial charge in [0.2, 0.25) is 0 Å². The molecule has 0 bridgehead atoms. The van der Waals surface area contributed by atoms with Gasteiger partial charge in [0, 0.05) is 19.6 Å². The Kier molecular flexibility index (Phi) is 6.81. The SMILES string of the molecule is C=C(C)CN(CC)C(=O)COc1ccc(CNC)cc1. The molecule has 1 amide bonds. The average molecular weight is 276 g/mol.